The molecule has 3 fully saturated rings. The summed E-state index contributed by atoms with van der Waals surface area (Å²) in [5.74, 6) is -1.25. The Morgan fingerprint density at radius 3 is 2.31 bits per heavy atom. The summed E-state index contributed by atoms with van der Waals surface area (Å²) < 4.78 is 64.1. The number of carbonyl (C=O) groups is 2. The number of anilines is 1. The van der Waals surface area contributed by atoms with E-state index in [-0.39, 0.29) is 69.4 Å². The summed E-state index contributed by atoms with van der Waals surface area (Å²) in [6.07, 6.45) is 2.54. The zero-order chi connectivity index (χ0) is 37.6. The highest BCUT2D eigenvalue weighted by atomic mass is 35.5. The summed E-state index contributed by atoms with van der Waals surface area (Å²) in [5.41, 5.74) is 1.56. The highest BCUT2D eigenvalue weighted by Gasteiger charge is 2.38. The highest BCUT2D eigenvalue weighted by molar-refractivity contribution is 6.35. The van der Waals surface area contributed by atoms with Crippen molar-refractivity contribution < 1.29 is 52.2 Å². The number of fused-ring (bicyclic) bond motifs is 3. The number of carbonyl (C=O) groups excluding carboxylic acids is 2. The molecule has 54 heavy (non-hydrogen) atoms. The molecule has 15 heteroatoms. The molecule has 3 aliphatic heterocycles. The van der Waals surface area contributed by atoms with Gasteiger partial charge in [-0.3, -0.25) is 9.80 Å². The minimum absolute atomic E-state index is 0. The molecule has 0 spiro atoms. The number of piperidine rings is 3. The molecule has 3 aliphatic rings. The van der Waals surface area contributed by atoms with Crippen molar-refractivity contribution in [2.45, 2.75) is 64.6 Å². The fourth-order valence-electron chi connectivity index (χ4n) is 6.68. The molecule has 10 nitrogen and oxygen atoms in total. The van der Waals surface area contributed by atoms with Crippen LogP contribution in [0, 0.1) is 11.7 Å². The average molecular weight is 791 g/mol. The minimum Gasteiger partial charge on any atom is -0.870 e. The number of para-hydroxylation sites is 1. The topological polar surface area (TPSA) is 122 Å². The molecular weight excluding hydrogens is 750 g/mol. The third-order valence-corrected chi connectivity index (χ3v) is 9.94. The fraction of sp³-hybridized carbons (Fsp3) is 0.359. The molecule has 3 saturated heterocycles. The maximum absolute atomic E-state index is 15.2. The zero-order valence-electron chi connectivity index (χ0n) is 29.5. The van der Waals surface area contributed by atoms with E-state index in [0.29, 0.717) is 23.2 Å². The largest absolute Gasteiger partial charge is 0.870 e. The summed E-state index contributed by atoms with van der Waals surface area (Å²) >= 11 is 13.0. The summed E-state index contributed by atoms with van der Waals surface area (Å²) in [6.45, 7) is 2.84. The van der Waals surface area contributed by atoms with Crippen molar-refractivity contribution in [1.82, 2.24) is 4.90 Å². The number of ether oxygens (including phenoxy) is 4. The van der Waals surface area contributed by atoms with Gasteiger partial charge in [0, 0.05) is 18.5 Å². The smallest absolute Gasteiger partial charge is 0.415 e. The van der Waals surface area contributed by atoms with Gasteiger partial charge >= 0.3 is 18.7 Å². The first kappa shape index (κ1) is 40.6. The number of aromatic nitrogens is 1. The van der Waals surface area contributed by atoms with Gasteiger partial charge < -0.3 is 24.4 Å². The molecule has 2 atom stereocenters. The number of benzene rings is 3. The quantitative estimate of drug-likeness (QED) is 0.124. The second-order valence-electron chi connectivity index (χ2n) is 13.3. The van der Waals surface area contributed by atoms with Crippen LogP contribution in [0.4, 0.5) is 23.7 Å². The second-order valence-corrected chi connectivity index (χ2v) is 14.1. The van der Waals surface area contributed by atoms with E-state index in [2.05, 4.69) is 14.6 Å². The lowest BCUT2D eigenvalue weighted by Gasteiger charge is -2.44. The van der Waals surface area contributed by atoms with Crippen molar-refractivity contribution in [3.63, 3.8) is 0 Å². The third kappa shape index (κ3) is 9.94. The van der Waals surface area contributed by atoms with Crippen LogP contribution >= 0.6 is 23.2 Å². The minimum atomic E-state index is -3.09. The maximum Gasteiger partial charge on any atom is 0.415 e. The third-order valence-electron chi connectivity index (χ3n) is 9.27. The maximum atomic E-state index is 15.2. The number of nitrogens with one attached hydrogen (secondary N) is 1. The number of alkyl halides is 2. The summed E-state index contributed by atoms with van der Waals surface area (Å²) in [4.78, 5) is 33.9. The fourth-order valence-corrected chi connectivity index (χ4v) is 7.21. The molecular formula is C39H40Cl2F3N3O7. The summed E-state index contributed by atoms with van der Waals surface area (Å²) in [6, 6.07) is 16.7. The lowest BCUT2D eigenvalue weighted by Crippen LogP contribution is -2.53. The van der Waals surface area contributed by atoms with Crippen molar-refractivity contribution >= 4 is 41.0 Å². The number of esters is 1. The van der Waals surface area contributed by atoms with E-state index in [1.54, 1.807) is 44.2 Å². The number of hydrogen-bond acceptors (Lipinski definition) is 8. The highest BCUT2D eigenvalue weighted by Crippen LogP contribution is 2.37. The Labute approximate surface area is 321 Å². The van der Waals surface area contributed by atoms with Crippen molar-refractivity contribution in [2.75, 3.05) is 24.5 Å². The Kier molecular flexibility index (Phi) is 13.7. The lowest BCUT2D eigenvalue weighted by molar-refractivity contribution is -0.377. The van der Waals surface area contributed by atoms with E-state index < -0.39 is 30.6 Å². The van der Waals surface area contributed by atoms with Crippen molar-refractivity contribution in [3.05, 3.63) is 117 Å². The van der Waals surface area contributed by atoms with Crippen LogP contribution in [-0.2, 0) is 22.4 Å². The number of nitrogens with zero attached hydrogens (tertiary/aromatic N) is 2. The summed E-state index contributed by atoms with van der Waals surface area (Å²) in [5, 5.41) is 0.574. The van der Waals surface area contributed by atoms with Crippen LogP contribution in [0.1, 0.15) is 59.8 Å². The van der Waals surface area contributed by atoms with Crippen LogP contribution in [0.5, 0.6) is 11.5 Å². The van der Waals surface area contributed by atoms with E-state index in [1.807, 2.05) is 0 Å². The number of halogens is 5. The average Bonchev–Trinajstić information content (AvgIpc) is 3.13. The number of aromatic amines is 1. The van der Waals surface area contributed by atoms with Crippen LogP contribution in [0.2, 0.25) is 10.0 Å². The molecule has 0 unspecified atom stereocenters. The molecule has 3 aromatic carbocycles. The normalized spacial score (nSPS) is 18.1. The van der Waals surface area contributed by atoms with Gasteiger partial charge in [-0.15, -0.1) is 0 Å². The Morgan fingerprint density at radius 1 is 0.944 bits per heavy atom. The van der Waals surface area contributed by atoms with Gasteiger partial charge in [0.2, 0.25) is 0 Å². The molecule has 0 radical (unpaired) electrons. The molecule has 0 saturated carbocycles. The standard InChI is InChI=1S/C39H38Cl2F3N3O6.H2O/c1-23(2)50-35-17-26(10-11-33(35)52-38(43)44)34(18-28-29(40)19-45-20-30(28)41)51-37(48)27-7-5-6-24(16-27)21-47(32-9-4-3-8-31(32)42)39(49)53-36-22-46-14-12-25(36)13-15-46;/h3-11,16-17,19-20,23,25,34,36,38H,12-15,18,21-22H2,1-2H3;1H2/t34-,36-;/m0./s1. The van der Waals surface area contributed by atoms with Crippen LogP contribution < -0.4 is 19.4 Å². The number of amides is 1. The predicted molar refractivity (Wildman–Crippen MR) is 194 cm³/mol. The number of pyridine rings is 1. The first-order valence-corrected chi connectivity index (χ1v) is 18.0. The molecule has 2 N–H and O–H groups in total. The van der Waals surface area contributed by atoms with E-state index in [0.717, 1.165) is 25.9 Å². The number of hydrogen-bond donors (Lipinski definition) is 0. The molecule has 1 amide bonds. The van der Waals surface area contributed by atoms with Crippen molar-refractivity contribution in [2.24, 2.45) is 5.92 Å². The predicted octanol–water partition coefficient (Wildman–Crippen LogP) is 8.54. The van der Waals surface area contributed by atoms with E-state index >= 15 is 4.39 Å². The van der Waals surface area contributed by atoms with Crippen LogP contribution in [0.3, 0.4) is 0 Å². The van der Waals surface area contributed by atoms with Crippen LogP contribution in [-0.4, -0.2) is 60.9 Å². The molecule has 2 bridgehead atoms. The number of rotatable bonds is 13. The monoisotopic (exact) mass is 789 g/mol. The molecule has 0 aliphatic carbocycles. The summed E-state index contributed by atoms with van der Waals surface area (Å²) in [7, 11) is 0. The Morgan fingerprint density at radius 2 is 1.67 bits per heavy atom. The SMILES string of the molecule is CC(C)Oc1cc([C@H](Cc2c(Cl)c[nH+]cc2Cl)OC(=O)c2cccc(CN(C(=O)O[C@H]3CN4CCC3CC4)c3ccccc3F)c2)ccc1OC(F)F.[OH-]. The van der Waals surface area contributed by atoms with Crippen LogP contribution in [0.15, 0.2) is 79.1 Å². The van der Waals surface area contributed by atoms with E-state index in [1.165, 1.54) is 53.7 Å². The van der Waals surface area contributed by atoms with Gasteiger partial charge in [0.1, 0.15) is 28.1 Å². The molecule has 7 rings (SSSR count). The molecule has 4 aromatic rings. The second kappa shape index (κ2) is 18.2. The molecule has 288 valence electrons. The lowest BCUT2D eigenvalue weighted by atomic mass is 9.86. The van der Waals surface area contributed by atoms with Gasteiger partial charge in [-0.05, 0) is 93.2 Å². The van der Waals surface area contributed by atoms with Crippen LogP contribution in [0.25, 0.3) is 0 Å². The van der Waals surface area contributed by atoms with Gasteiger partial charge in [-0.2, -0.15) is 8.78 Å². The van der Waals surface area contributed by atoms with Gasteiger partial charge in [0.25, 0.3) is 0 Å². The molecule has 1 aromatic heterocycles. The molecule has 4 heterocycles. The van der Waals surface area contributed by atoms with Crippen molar-refractivity contribution in [3.8, 4) is 11.5 Å². The van der Waals surface area contributed by atoms with Gasteiger partial charge in [-0.1, -0.05) is 53.5 Å². The first-order valence-electron chi connectivity index (χ1n) is 17.3. The zero-order valence-corrected chi connectivity index (χ0v) is 31.0. The van der Waals surface area contributed by atoms with Gasteiger partial charge in [-0.25, -0.2) is 19.0 Å². The van der Waals surface area contributed by atoms with E-state index in [4.69, 9.17) is 37.4 Å². The number of H-pyrrole nitrogens is 1. The van der Waals surface area contributed by atoms with Crippen molar-refractivity contribution in [1.29, 1.82) is 0 Å². The van der Waals surface area contributed by atoms with E-state index in [9.17, 15) is 18.4 Å². The Hall–Kier alpha value is -4.56. The first-order chi connectivity index (χ1) is 25.4. The van der Waals surface area contributed by atoms with Gasteiger partial charge in [0.05, 0.1) is 23.9 Å². The van der Waals surface area contributed by atoms with Gasteiger partial charge in [0.15, 0.2) is 23.9 Å². The Balaban J connectivity index is 0.00000561. The Bertz CT molecular complexity index is 1910.